The van der Waals surface area contributed by atoms with Crippen LogP contribution in [-0.2, 0) is 20.8 Å². The molecule has 1 atom stereocenters. The molecule has 1 aromatic carbocycles. The van der Waals surface area contributed by atoms with Crippen LogP contribution in [0.3, 0.4) is 0 Å². The fraction of sp³-hybridized carbons (Fsp3) is 0.529. The molecule has 1 saturated heterocycles. The molecule has 1 amide bonds. The van der Waals surface area contributed by atoms with E-state index in [1.165, 1.54) is 0 Å². The third-order valence-corrected chi connectivity index (χ3v) is 7.99. The van der Waals surface area contributed by atoms with Gasteiger partial charge in [0.1, 0.15) is 11.7 Å². The Morgan fingerprint density at radius 2 is 1.81 bits per heavy atom. The van der Waals surface area contributed by atoms with E-state index in [-0.39, 0.29) is 31.5 Å². The number of rotatable bonds is 4. The molecule has 0 bridgehead atoms. The van der Waals surface area contributed by atoms with Crippen molar-refractivity contribution in [2.75, 3.05) is 13.1 Å². The second-order valence-electron chi connectivity index (χ2n) is 7.72. The number of carbonyl (C=O) groups excluding carboxylic acids is 1. The fourth-order valence-corrected chi connectivity index (χ4v) is 5.69. The zero-order valence-corrected chi connectivity index (χ0v) is 16.9. The van der Waals surface area contributed by atoms with E-state index in [0.717, 1.165) is 28.0 Å². The van der Waals surface area contributed by atoms with Gasteiger partial charge in [0, 0.05) is 13.1 Å². The third-order valence-electron chi connectivity index (χ3n) is 5.76. The lowest BCUT2D eigenvalue weighted by Gasteiger charge is -2.25. The summed E-state index contributed by atoms with van der Waals surface area (Å²) < 4.78 is 108. The molecule has 2 aliphatic rings. The molecule has 2 aromatic rings. The van der Waals surface area contributed by atoms with Crippen LogP contribution in [0, 0.1) is 5.41 Å². The number of amides is 1. The highest BCUT2D eigenvalue weighted by Gasteiger charge is 2.69. The molecule has 174 valence electrons. The molecule has 1 aliphatic carbocycles. The van der Waals surface area contributed by atoms with Crippen molar-refractivity contribution >= 4 is 15.7 Å². The molecule has 1 aliphatic heterocycles. The number of hydrogen-bond donors (Lipinski definition) is 0. The average Bonchev–Trinajstić information content (AvgIpc) is 3.13. The van der Waals surface area contributed by atoms with Crippen molar-refractivity contribution in [3.05, 3.63) is 30.1 Å². The quantitative estimate of drug-likeness (QED) is 0.620. The van der Waals surface area contributed by atoms with E-state index in [1.807, 2.05) is 0 Å². The smallest absolute Gasteiger partial charge is 0.341 e. The first-order valence-corrected chi connectivity index (χ1v) is 10.9. The van der Waals surface area contributed by atoms with E-state index in [2.05, 4.69) is 15.5 Å². The Morgan fingerprint density at radius 3 is 2.34 bits per heavy atom. The summed E-state index contributed by atoms with van der Waals surface area (Å²) in [7, 11) is -4.62. The van der Waals surface area contributed by atoms with Gasteiger partial charge in [-0.2, -0.15) is 26.3 Å². The molecule has 2 heterocycles. The predicted molar refractivity (Wildman–Crippen MR) is 94.0 cm³/mol. The maximum Gasteiger partial charge on any atom is 0.417 e. The Bertz CT molecular complexity index is 1140. The number of alkyl halides is 6. The summed E-state index contributed by atoms with van der Waals surface area (Å²) in [5, 5.41) is 8.61. The van der Waals surface area contributed by atoms with E-state index < -0.39 is 55.8 Å². The van der Waals surface area contributed by atoms with Crippen molar-refractivity contribution in [1.82, 2.24) is 25.1 Å². The highest BCUT2D eigenvalue weighted by Crippen LogP contribution is 2.59. The molecule has 2 fully saturated rings. The van der Waals surface area contributed by atoms with Crippen LogP contribution in [-0.4, -0.2) is 63.9 Å². The first-order chi connectivity index (χ1) is 14.8. The van der Waals surface area contributed by atoms with Crippen LogP contribution in [0.2, 0.25) is 0 Å². The van der Waals surface area contributed by atoms with Crippen molar-refractivity contribution in [3.8, 4) is 5.69 Å². The van der Waals surface area contributed by atoms with Gasteiger partial charge in [0.25, 0.3) is 0 Å². The predicted octanol–water partition coefficient (Wildman–Crippen LogP) is 2.40. The molecular weight excluding hydrogens is 468 g/mol. The van der Waals surface area contributed by atoms with Gasteiger partial charge in [0.15, 0.2) is 9.84 Å². The van der Waals surface area contributed by atoms with Gasteiger partial charge in [0.2, 0.25) is 5.91 Å². The minimum absolute atomic E-state index is 0.134. The summed E-state index contributed by atoms with van der Waals surface area (Å²) in [6, 6.07) is 2.42. The van der Waals surface area contributed by atoms with E-state index in [4.69, 9.17) is 0 Å². The summed E-state index contributed by atoms with van der Waals surface area (Å²) in [6.07, 6.45) is -9.84. The van der Waals surface area contributed by atoms with Gasteiger partial charge < -0.3 is 4.90 Å². The van der Waals surface area contributed by atoms with Gasteiger partial charge in [-0.05, 0) is 47.9 Å². The van der Waals surface area contributed by atoms with Crippen LogP contribution in [0.15, 0.2) is 29.4 Å². The third kappa shape index (κ3) is 3.61. The molecule has 0 radical (unpaired) electrons. The number of sulfone groups is 1. The summed E-state index contributed by atoms with van der Waals surface area (Å²) >= 11 is 0. The van der Waals surface area contributed by atoms with E-state index in [0.29, 0.717) is 6.07 Å². The molecule has 4 rings (SSSR count). The Balaban J connectivity index is 1.64. The number of nitrogens with zero attached hydrogens (tertiary/aromatic N) is 5. The Kier molecular flexibility index (Phi) is 5.02. The van der Waals surface area contributed by atoms with E-state index in [1.54, 1.807) is 0 Å². The standard InChI is InChI=1S/C17H15F6N5O3S/c18-16(19,20)12-7-10(28-9-24-25-26-28)1-2-13(12)32(30,31)11-3-6-27(8-11)14(29)15(4-5-15)17(21,22)23/h1-2,7,9,11H,3-6,8H2. The van der Waals surface area contributed by atoms with Gasteiger partial charge in [-0.25, -0.2) is 13.1 Å². The van der Waals surface area contributed by atoms with Crippen molar-refractivity contribution in [1.29, 1.82) is 0 Å². The molecule has 32 heavy (non-hydrogen) atoms. The first kappa shape index (κ1) is 22.5. The van der Waals surface area contributed by atoms with Crippen molar-refractivity contribution < 1.29 is 39.6 Å². The molecule has 0 spiro atoms. The van der Waals surface area contributed by atoms with Crippen LogP contribution in [0.4, 0.5) is 26.3 Å². The number of tetrazole rings is 1. The van der Waals surface area contributed by atoms with Gasteiger partial charge in [-0.15, -0.1) is 5.10 Å². The number of hydrogen-bond acceptors (Lipinski definition) is 6. The Labute approximate surface area is 177 Å². The fourth-order valence-electron chi connectivity index (χ4n) is 3.80. The summed E-state index contributed by atoms with van der Waals surface area (Å²) in [5.74, 6) is -1.23. The minimum atomic E-state index is -5.05. The second-order valence-corrected chi connectivity index (χ2v) is 9.92. The lowest BCUT2D eigenvalue weighted by atomic mass is 10.1. The molecule has 8 nitrogen and oxygen atoms in total. The van der Waals surface area contributed by atoms with Crippen LogP contribution in [0.25, 0.3) is 5.69 Å². The summed E-state index contributed by atoms with van der Waals surface area (Å²) in [4.78, 5) is 12.2. The largest absolute Gasteiger partial charge is 0.417 e. The zero-order chi connectivity index (χ0) is 23.5. The second kappa shape index (κ2) is 7.15. The summed E-state index contributed by atoms with van der Waals surface area (Å²) in [6.45, 7) is -0.893. The first-order valence-electron chi connectivity index (χ1n) is 9.32. The maximum absolute atomic E-state index is 13.7. The average molecular weight is 483 g/mol. The SMILES string of the molecule is O=C(N1CCC(S(=O)(=O)c2ccc(-n3cnnn3)cc2C(F)(F)F)C1)C1(C(F)(F)F)CC1. The van der Waals surface area contributed by atoms with Gasteiger partial charge in [0.05, 0.1) is 21.4 Å². The molecule has 0 N–H and O–H groups in total. The van der Waals surface area contributed by atoms with Crippen LogP contribution >= 0.6 is 0 Å². The molecule has 1 unspecified atom stereocenters. The molecule has 1 aromatic heterocycles. The Hall–Kier alpha value is -2.71. The van der Waals surface area contributed by atoms with Crippen molar-refractivity contribution in [2.45, 2.75) is 41.8 Å². The number of halogens is 6. The minimum Gasteiger partial charge on any atom is -0.341 e. The normalized spacial score (nSPS) is 21.1. The number of likely N-dealkylation sites (tertiary alicyclic amines) is 1. The van der Waals surface area contributed by atoms with Gasteiger partial charge >= 0.3 is 12.4 Å². The number of aromatic nitrogens is 4. The molecular formula is C17H15F6N5O3S. The number of benzene rings is 1. The Morgan fingerprint density at radius 1 is 1.12 bits per heavy atom. The van der Waals surface area contributed by atoms with Crippen LogP contribution in [0.1, 0.15) is 24.8 Å². The lowest BCUT2D eigenvalue weighted by Crippen LogP contribution is -2.43. The van der Waals surface area contributed by atoms with Crippen molar-refractivity contribution in [2.24, 2.45) is 5.41 Å². The monoisotopic (exact) mass is 483 g/mol. The van der Waals surface area contributed by atoms with Gasteiger partial charge in [-0.1, -0.05) is 0 Å². The van der Waals surface area contributed by atoms with E-state index in [9.17, 15) is 39.6 Å². The van der Waals surface area contributed by atoms with E-state index >= 15 is 0 Å². The van der Waals surface area contributed by atoms with Crippen LogP contribution in [0.5, 0.6) is 0 Å². The summed E-state index contributed by atoms with van der Waals surface area (Å²) in [5.41, 5.74) is -4.11. The molecule has 15 heteroatoms. The van der Waals surface area contributed by atoms with Gasteiger partial charge in [-0.3, -0.25) is 4.79 Å². The maximum atomic E-state index is 13.7. The molecule has 1 saturated carbocycles. The zero-order valence-electron chi connectivity index (χ0n) is 16.1. The number of carbonyl (C=O) groups is 1. The highest BCUT2D eigenvalue weighted by molar-refractivity contribution is 7.92. The highest BCUT2D eigenvalue weighted by atomic mass is 32.2. The topological polar surface area (TPSA) is 98.1 Å². The van der Waals surface area contributed by atoms with Crippen molar-refractivity contribution in [3.63, 3.8) is 0 Å². The van der Waals surface area contributed by atoms with Crippen LogP contribution < -0.4 is 0 Å². The lowest BCUT2D eigenvalue weighted by molar-refractivity contribution is -0.197.